The Labute approximate surface area is 130 Å². The van der Waals surface area contributed by atoms with Gasteiger partial charge in [0.2, 0.25) is 0 Å². The van der Waals surface area contributed by atoms with Gasteiger partial charge in [-0.3, -0.25) is 4.79 Å². The maximum absolute atomic E-state index is 10.9. The first-order valence-electron chi connectivity index (χ1n) is 7.25. The molecule has 0 unspecified atom stereocenters. The number of rotatable bonds is 4. The minimum Gasteiger partial charge on any atom is -0.481 e. The molecule has 1 saturated heterocycles. The van der Waals surface area contributed by atoms with E-state index in [1.165, 1.54) is 11.8 Å². The number of carboxylic acids is 1. The van der Waals surface area contributed by atoms with Gasteiger partial charge in [0.05, 0.1) is 5.75 Å². The van der Waals surface area contributed by atoms with Gasteiger partial charge in [-0.2, -0.15) is 0 Å². The van der Waals surface area contributed by atoms with E-state index in [0.29, 0.717) is 0 Å². The fraction of sp³-hybridized carbons (Fsp3) is 0.733. The Morgan fingerprint density at radius 3 is 2.62 bits per heavy atom. The number of aromatic nitrogens is 2. The Morgan fingerprint density at radius 1 is 1.48 bits per heavy atom. The summed E-state index contributed by atoms with van der Waals surface area (Å²) in [6.07, 6.45) is 3.74. The van der Waals surface area contributed by atoms with Crippen LogP contribution in [0.4, 0.5) is 0 Å². The van der Waals surface area contributed by atoms with Crippen LogP contribution in [0.15, 0.2) is 11.4 Å². The Bertz CT molecular complexity index is 513. The number of hydrogen-bond donors (Lipinski definition) is 1. The lowest BCUT2D eigenvalue weighted by atomic mass is 9.87. The standard InChI is InChI=1S/C15H24N2O3S/c1-14(2,3)11-9-16-13(21-10-12(18)19)17(11)15(4)5-7-20-8-6-15/h9H,5-8,10H2,1-4H3,(H,18,19). The Kier molecular flexibility index (Phi) is 4.68. The molecule has 118 valence electrons. The van der Waals surface area contributed by atoms with Crippen LogP contribution >= 0.6 is 11.8 Å². The molecule has 0 radical (unpaired) electrons. The molecular formula is C15H24N2O3S. The molecule has 0 amide bonds. The second-order valence-corrected chi connectivity index (χ2v) is 7.75. The number of hydrogen-bond acceptors (Lipinski definition) is 4. The van der Waals surface area contributed by atoms with Gasteiger partial charge in [-0.25, -0.2) is 4.98 Å². The third-order valence-electron chi connectivity index (χ3n) is 3.93. The molecule has 0 saturated carbocycles. The summed E-state index contributed by atoms with van der Waals surface area (Å²) in [6.45, 7) is 10.2. The number of ether oxygens (including phenoxy) is 1. The first kappa shape index (κ1) is 16.4. The van der Waals surface area contributed by atoms with Crippen molar-refractivity contribution >= 4 is 17.7 Å². The van der Waals surface area contributed by atoms with E-state index in [4.69, 9.17) is 9.84 Å². The van der Waals surface area contributed by atoms with E-state index in [2.05, 4.69) is 37.2 Å². The highest BCUT2D eigenvalue weighted by atomic mass is 32.2. The lowest BCUT2D eigenvalue weighted by Gasteiger charge is -2.39. The van der Waals surface area contributed by atoms with Gasteiger partial charge < -0.3 is 14.4 Å². The molecule has 1 aliphatic rings. The van der Waals surface area contributed by atoms with Crippen molar-refractivity contribution in [3.05, 3.63) is 11.9 Å². The number of imidazole rings is 1. The van der Waals surface area contributed by atoms with Crippen LogP contribution in [-0.2, 0) is 20.5 Å². The summed E-state index contributed by atoms with van der Waals surface area (Å²) in [5, 5.41) is 9.73. The second kappa shape index (κ2) is 6.01. The average molecular weight is 312 g/mol. The van der Waals surface area contributed by atoms with E-state index < -0.39 is 5.97 Å². The summed E-state index contributed by atoms with van der Waals surface area (Å²) in [6, 6.07) is 0. The lowest BCUT2D eigenvalue weighted by molar-refractivity contribution is -0.133. The molecule has 0 spiro atoms. The van der Waals surface area contributed by atoms with Crippen molar-refractivity contribution in [1.29, 1.82) is 0 Å². The van der Waals surface area contributed by atoms with Crippen molar-refractivity contribution < 1.29 is 14.6 Å². The van der Waals surface area contributed by atoms with Gasteiger partial charge in [0, 0.05) is 36.1 Å². The topological polar surface area (TPSA) is 64.3 Å². The molecule has 21 heavy (non-hydrogen) atoms. The number of thioether (sulfide) groups is 1. The van der Waals surface area contributed by atoms with Gasteiger partial charge in [-0.15, -0.1) is 0 Å². The Morgan fingerprint density at radius 2 is 2.10 bits per heavy atom. The van der Waals surface area contributed by atoms with Crippen molar-refractivity contribution in [1.82, 2.24) is 9.55 Å². The molecular weight excluding hydrogens is 288 g/mol. The first-order valence-corrected chi connectivity index (χ1v) is 8.24. The van der Waals surface area contributed by atoms with Crippen LogP contribution in [0, 0.1) is 0 Å². The van der Waals surface area contributed by atoms with Gasteiger partial charge in [-0.05, 0) is 19.8 Å². The van der Waals surface area contributed by atoms with Gasteiger partial charge in [0.15, 0.2) is 5.16 Å². The monoisotopic (exact) mass is 312 g/mol. The fourth-order valence-corrected chi connectivity index (χ4v) is 3.48. The van der Waals surface area contributed by atoms with Crippen LogP contribution in [0.25, 0.3) is 0 Å². The van der Waals surface area contributed by atoms with Gasteiger partial charge >= 0.3 is 5.97 Å². The molecule has 1 N–H and O–H groups in total. The van der Waals surface area contributed by atoms with Gasteiger partial charge in [0.25, 0.3) is 0 Å². The molecule has 0 atom stereocenters. The van der Waals surface area contributed by atoms with Crippen LogP contribution in [0.5, 0.6) is 0 Å². The molecule has 2 heterocycles. The number of nitrogens with zero attached hydrogens (tertiary/aromatic N) is 2. The molecule has 6 heteroatoms. The zero-order valence-corrected chi connectivity index (χ0v) is 14.0. The lowest BCUT2D eigenvalue weighted by Crippen LogP contribution is -2.40. The minimum atomic E-state index is -0.816. The van der Waals surface area contributed by atoms with E-state index >= 15 is 0 Å². The summed E-state index contributed by atoms with van der Waals surface area (Å²) in [5.41, 5.74) is 1.06. The summed E-state index contributed by atoms with van der Waals surface area (Å²) in [7, 11) is 0. The maximum Gasteiger partial charge on any atom is 0.313 e. The van der Waals surface area contributed by atoms with E-state index in [1.807, 2.05) is 6.20 Å². The second-order valence-electron chi connectivity index (χ2n) is 6.80. The normalized spacial score (nSPS) is 18.7. The van der Waals surface area contributed by atoms with E-state index in [9.17, 15) is 4.79 Å². The molecule has 1 aliphatic heterocycles. The Balaban J connectivity index is 2.42. The van der Waals surface area contributed by atoms with Crippen LogP contribution in [0.1, 0.15) is 46.2 Å². The SMILES string of the molecule is CC(C)(C)c1cnc(SCC(=O)O)n1C1(C)CCOCC1. The molecule has 2 rings (SSSR count). The smallest absolute Gasteiger partial charge is 0.313 e. The molecule has 0 bridgehead atoms. The van der Waals surface area contributed by atoms with Crippen molar-refractivity contribution in [3.63, 3.8) is 0 Å². The highest BCUT2D eigenvalue weighted by molar-refractivity contribution is 7.99. The number of carboxylic acid groups (broad SMARTS) is 1. The predicted molar refractivity (Wildman–Crippen MR) is 83.0 cm³/mol. The summed E-state index contributed by atoms with van der Waals surface area (Å²) >= 11 is 1.30. The minimum absolute atomic E-state index is 0.0314. The van der Waals surface area contributed by atoms with Crippen molar-refractivity contribution in [2.24, 2.45) is 0 Å². The fourth-order valence-electron chi connectivity index (χ4n) is 2.65. The van der Waals surface area contributed by atoms with Crippen LogP contribution in [-0.4, -0.2) is 39.6 Å². The molecule has 0 aromatic carbocycles. The quantitative estimate of drug-likeness (QED) is 0.866. The van der Waals surface area contributed by atoms with Crippen LogP contribution in [0.3, 0.4) is 0 Å². The molecule has 0 aliphatic carbocycles. The largest absolute Gasteiger partial charge is 0.481 e. The van der Waals surface area contributed by atoms with Gasteiger partial charge in [0.1, 0.15) is 0 Å². The van der Waals surface area contributed by atoms with E-state index in [1.54, 1.807) is 0 Å². The summed E-state index contributed by atoms with van der Waals surface area (Å²) in [4.78, 5) is 15.4. The molecule has 1 aromatic rings. The first-order chi connectivity index (χ1) is 9.74. The van der Waals surface area contributed by atoms with E-state index in [0.717, 1.165) is 36.9 Å². The van der Waals surface area contributed by atoms with Crippen LogP contribution in [0.2, 0.25) is 0 Å². The summed E-state index contributed by atoms with van der Waals surface area (Å²) < 4.78 is 7.74. The highest BCUT2D eigenvalue weighted by Crippen LogP contribution is 2.38. The highest BCUT2D eigenvalue weighted by Gasteiger charge is 2.36. The van der Waals surface area contributed by atoms with Crippen molar-refractivity contribution in [2.45, 2.75) is 56.6 Å². The molecule has 5 nitrogen and oxygen atoms in total. The third kappa shape index (κ3) is 3.61. The number of carbonyl (C=O) groups is 1. The zero-order chi connectivity index (χ0) is 15.7. The molecule has 1 fully saturated rings. The zero-order valence-electron chi connectivity index (χ0n) is 13.2. The average Bonchev–Trinajstić information content (AvgIpc) is 2.81. The van der Waals surface area contributed by atoms with E-state index in [-0.39, 0.29) is 16.7 Å². The molecule has 1 aromatic heterocycles. The maximum atomic E-state index is 10.9. The number of aliphatic carboxylic acids is 1. The van der Waals surface area contributed by atoms with Crippen LogP contribution < -0.4 is 0 Å². The summed E-state index contributed by atoms with van der Waals surface area (Å²) in [5.74, 6) is -0.781. The third-order valence-corrected chi connectivity index (χ3v) is 4.87. The van der Waals surface area contributed by atoms with Crippen molar-refractivity contribution in [2.75, 3.05) is 19.0 Å². The predicted octanol–water partition coefficient (Wildman–Crippen LogP) is 2.88. The van der Waals surface area contributed by atoms with Crippen molar-refractivity contribution in [3.8, 4) is 0 Å². The Hall–Kier alpha value is -1.01. The van der Waals surface area contributed by atoms with Gasteiger partial charge in [-0.1, -0.05) is 32.5 Å².